The molecule has 2 rings (SSSR count). The molecular weight excluding hydrogens is 344 g/mol. The Kier molecular flexibility index (Phi) is 6.98. The Morgan fingerprint density at radius 2 is 2.19 bits per heavy atom. The lowest BCUT2D eigenvalue weighted by Crippen LogP contribution is -2.51. The van der Waals surface area contributed by atoms with E-state index in [4.69, 9.17) is 0 Å². The Labute approximate surface area is 160 Å². The van der Waals surface area contributed by atoms with Crippen LogP contribution in [-0.4, -0.2) is 46.6 Å². The third-order valence-electron chi connectivity index (χ3n) is 4.67. The molecule has 1 aliphatic heterocycles. The van der Waals surface area contributed by atoms with E-state index in [9.17, 15) is 9.59 Å². The van der Waals surface area contributed by atoms with Gasteiger partial charge < -0.3 is 19.9 Å². The number of hydrogen-bond donors (Lipinski definition) is 2. The first-order chi connectivity index (χ1) is 12.9. The number of aromatic amines is 1. The molecule has 1 aromatic rings. The summed E-state index contributed by atoms with van der Waals surface area (Å²) < 4.78 is 4.66. The van der Waals surface area contributed by atoms with Crippen LogP contribution in [0.15, 0.2) is 37.6 Å². The molecule has 2 amide bonds. The second kappa shape index (κ2) is 9.21. The summed E-state index contributed by atoms with van der Waals surface area (Å²) in [5.41, 5.74) is 1.71. The van der Waals surface area contributed by atoms with Gasteiger partial charge in [0.15, 0.2) is 0 Å². The van der Waals surface area contributed by atoms with Gasteiger partial charge >= 0.3 is 6.09 Å². The van der Waals surface area contributed by atoms with E-state index in [2.05, 4.69) is 33.2 Å². The number of carbonyl (C=O) groups excluding carboxylic acids is 2. The van der Waals surface area contributed by atoms with Gasteiger partial charge in [-0.15, -0.1) is 0 Å². The van der Waals surface area contributed by atoms with E-state index in [1.165, 1.54) is 7.11 Å². The summed E-state index contributed by atoms with van der Waals surface area (Å²) in [6, 6.07) is -0.793. The Morgan fingerprint density at radius 1 is 1.44 bits per heavy atom. The van der Waals surface area contributed by atoms with E-state index < -0.39 is 12.1 Å². The Hall–Kier alpha value is -2.83. The molecule has 1 saturated heterocycles. The molecule has 2 heterocycles. The predicted molar refractivity (Wildman–Crippen MR) is 105 cm³/mol. The second-order valence-electron chi connectivity index (χ2n) is 6.79. The highest BCUT2D eigenvalue weighted by atomic mass is 16.5. The van der Waals surface area contributed by atoms with Gasteiger partial charge in [-0.05, 0) is 24.3 Å². The minimum absolute atomic E-state index is 0.0621. The lowest BCUT2D eigenvalue weighted by Gasteiger charge is -2.30. The molecule has 7 nitrogen and oxygen atoms in total. The maximum atomic E-state index is 13.1. The van der Waals surface area contributed by atoms with Crippen molar-refractivity contribution in [1.29, 1.82) is 0 Å². The fraction of sp³-hybridized carbons (Fsp3) is 0.450. The van der Waals surface area contributed by atoms with Crippen molar-refractivity contribution in [2.45, 2.75) is 38.8 Å². The maximum Gasteiger partial charge on any atom is 0.407 e. The summed E-state index contributed by atoms with van der Waals surface area (Å²) in [5.74, 6) is 0.544. The summed E-state index contributed by atoms with van der Waals surface area (Å²) in [5, 5.41) is 2.65. The fourth-order valence-corrected chi connectivity index (χ4v) is 3.24. The Morgan fingerprint density at radius 3 is 2.78 bits per heavy atom. The van der Waals surface area contributed by atoms with E-state index in [-0.39, 0.29) is 17.9 Å². The molecule has 1 aromatic heterocycles. The molecule has 27 heavy (non-hydrogen) atoms. The number of ether oxygens (including phenoxy) is 1. The number of likely N-dealkylation sites (tertiary alicyclic amines) is 1. The first kappa shape index (κ1) is 20.5. The van der Waals surface area contributed by atoms with Crippen LogP contribution in [0.2, 0.25) is 0 Å². The van der Waals surface area contributed by atoms with E-state index in [1.807, 2.05) is 19.9 Å². The molecule has 2 N–H and O–H groups in total. The van der Waals surface area contributed by atoms with E-state index in [0.717, 1.165) is 29.9 Å². The van der Waals surface area contributed by atoms with Crippen molar-refractivity contribution >= 4 is 17.6 Å². The molecule has 146 valence electrons. The molecule has 1 fully saturated rings. The third-order valence-corrected chi connectivity index (χ3v) is 4.67. The SMILES string of the molecule is C=C/C=C(\C=C)c1cnc([C@@H]2CCCN2C(=O)[C@@H](NC(=O)OC)C(C)C)[nH]1. The number of aromatic nitrogens is 2. The van der Waals surface area contributed by atoms with Gasteiger partial charge in [-0.3, -0.25) is 4.79 Å². The van der Waals surface area contributed by atoms with Crippen LogP contribution in [-0.2, 0) is 9.53 Å². The number of rotatable bonds is 7. The van der Waals surface area contributed by atoms with Gasteiger partial charge in [0.2, 0.25) is 5.91 Å². The van der Waals surface area contributed by atoms with Gasteiger partial charge in [-0.2, -0.15) is 0 Å². The number of imidazole rings is 1. The number of H-pyrrole nitrogens is 1. The molecule has 0 spiro atoms. The number of alkyl carbamates (subject to hydrolysis) is 1. The first-order valence-electron chi connectivity index (χ1n) is 9.08. The average Bonchev–Trinajstić information content (AvgIpc) is 3.31. The summed E-state index contributed by atoms with van der Waals surface area (Å²) in [4.78, 5) is 34.3. The summed E-state index contributed by atoms with van der Waals surface area (Å²) in [6.45, 7) is 11.9. The van der Waals surface area contributed by atoms with Gasteiger partial charge in [0.1, 0.15) is 11.9 Å². The number of amides is 2. The third kappa shape index (κ3) is 4.67. The minimum Gasteiger partial charge on any atom is -0.453 e. The zero-order valence-corrected chi connectivity index (χ0v) is 16.2. The quantitative estimate of drug-likeness (QED) is 0.720. The maximum absolute atomic E-state index is 13.1. The topological polar surface area (TPSA) is 87.3 Å². The predicted octanol–water partition coefficient (Wildman–Crippen LogP) is 3.21. The van der Waals surface area contributed by atoms with Crippen LogP contribution in [0.4, 0.5) is 4.79 Å². The fourth-order valence-electron chi connectivity index (χ4n) is 3.24. The van der Waals surface area contributed by atoms with Crippen molar-refractivity contribution in [3.63, 3.8) is 0 Å². The van der Waals surface area contributed by atoms with Crippen LogP contribution < -0.4 is 5.32 Å². The number of allylic oxidation sites excluding steroid dienone is 4. The van der Waals surface area contributed by atoms with Crippen LogP contribution in [0.3, 0.4) is 0 Å². The Balaban J connectivity index is 2.23. The Bertz CT molecular complexity index is 735. The molecule has 7 heteroatoms. The van der Waals surface area contributed by atoms with E-state index in [1.54, 1.807) is 23.2 Å². The number of carbonyl (C=O) groups is 2. The minimum atomic E-state index is -0.642. The van der Waals surface area contributed by atoms with Crippen molar-refractivity contribution in [2.24, 2.45) is 5.92 Å². The molecule has 0 radical (unpaired) electrons. The zero-order valence-electron chi connectivity index (χ0n) is 16.2. The van der Waals surface area contributed by atoms with Crippen molar-refractivity contribution in [3.8, 4) is 0 Å². The van der Waals surface area contributed by atoms with Gasteiger partial charge in [-0.1, -0.05) is 45.2 Å². The van der Waals surface area contributed by atoms with Gasteiger partial charge in [0.25, 0.3) is 0 Å². The van der Waals surface area contributed by atoms with Crippen molar-refractivity contribution in [1.82, 2.24) is 20.2 Å². The molecule has 0 saturated carbocycles. The zero-order chi connectivity index (χ0) is 20.0. The summed E-state index contributed by atoms with van der Waals surface area (Å²) >= 11 is 0. The number of hydrogen-bond acceptors (Lipinski definition) is 4. The van der Waals surface area contributed by atoms with Crippen molar-refractivity contribution < 1.29 is 14.3 Å². The van der Waals surface area contributed by atoms with Crippen LogP contribution in [0.5, 0.6) is 0 Å². The molecular formula is C20H28N4O3. The van der Waals surface area contributed by atoms with E-state index in [0.29, 0.717) is 6.54 Å². The molecule has 0 aromatic carbocycles. The highest BCUT2D eigenvalue weighted by molar-refractivity contribution is 5.86. The van der Waals surface area contributed by atoms with Gasteiger partial charge in [-0.25, -0.2) is 9.78 Å². The molecule has 2 atom stereocenters. The normalized spacial score (nSPS) is 18.3. The van der Waals surface area contributed by atoms with Crippen molar-refractivity contribution in [3.05, 3.63) is 49.1 Å². The first-order valence-corrected chi connectivity index (χ1v) is 9.08. The highest BCUT2D eigenvalue weighted by Gasteiger charge is 2.37. The van der Waals surface area contributed by atoms with E-state index >= 15 is 0 Å². The second-order valence-corrected chi connectivity index (χ2v) is 6.79. The molecule has 0 unspecified atom stereocenters. The van der Waals surface area contributed by atoms with Crippen LogP contribution in [0, 0.1) is 5.92 Å². The van der Waals surface area contributed by atoms with Gasteiger partial charge in [0.05, 0.1) is 25.0 Å². The number of nitrogens with one attached hydrogen (secondary N) is 2. The smallest absolute Gasteiger partial charge is 0.407 e. The standard InChI is InChI=1S/C20H28N4O3/c1-6-9-14(7-2)15-12-21-18(22-15)16-10-8-11-24(16)19(25)17(13(3)4)23-20(26)27-5/h6-7,9,12-13,16-17H,1-2,8,10-11H2,3-5H3,(H,21,22)(H,23,26)/b14-9+/t16-,17-/m0/s1. The number of methoxy groups -OCH3 is 1. The summed E-state index contributed by atoms with van der Waals surface area (Å²) in [7, 11) is 1.29. The van der Waals surface area contributed by atoms with Crippen LogP contribution in [0.25, 0.3) is 5.57 Å². The largest absolute Gasteiger partial charge is 0.453 e. The molecule has 0 bridgehead atoms. The monoisotopic (exact) mass is 372 g/mol. The summed E-state index contributed by atoms with van der Waals surface area (Å²) in [6.07, 6.45) is 8.09. The average molecular weight is 372 g/mol. The highest BCUT2D eigenvalue weighted by Crippen LogP contribution is 2.32. The lowest BCUT2D eigenvalue weighted by molar-refractivity contribution is -0.135. The van der Waals surface area contributed by atoms with Gasteiger partial charge in [0, 0.05) is 6.54 Å². The molecule has 0 aliphatic carbocycles. The lowest BCUT2D eigenvalue weighted by atomic mass is 10.0. The van der Waals surface area contributed by atoms with Crippen LogP contribution in [0.1, 0.15) is 44.2 Å². The van der Waals surface area contributed by atoms with Crippen molar-refractivity contribution in [2.75, 3.05) is 13.7 Å². The number of nitrogens with zero attached hydrogens (tertiary/aromatic N) is 2. The van der Waals surface area contributed by atoms with Crippen LogP contribution >= 0.6 is 0 Å². The molecule has 1 aliphatic rings.